The summed E-state index contributed by atoms with van der Waals surface area (Å²) in [5, 5.41) is -0.434. The third-order valence-electron chi connectivity index (χ3n) is 6.23. The molecular formula is C18H38F2O6SSi2. The molecule has 3 atom stereocenters. The maximum Gasteiger partial charge on any atom is 0.325 e. The zero-order valence-electron chi connectivity index (χ0n) is 19.6. The maximum atomic E-state index is 15.2. The molecule has 0 N–H and O–H groups in total. The van der Waals surface area contributed by atoms with Gasteiger partial charge in [-0.25, -0.2) is 4.18 Å². The van der Waals surface area contributed by atoms with Crippen molar-refractivity contribution in [3.63, 3.8) is 0 Å². The van der Waals surface area contributed by atoms with Gasteiger partial charge in [0.2, 0.25) is 6.29 Å². The molecule has 0 aromatic heterocycles. The lowest BCUT2D eigenvalue weighted by Gasteiger charge is -2.41. The molecule has 0 spiro atoms. The van der Waals surface area contributed by atoms with Crippen LogP contribution in [0.4, 0.5) is 8.78 Å². The molecule has 1 fully saturated rings. The Labute approximate surface area is 177 Å². The van der Waals surface area contributed by atoms with Crippen LogP contribution in [0.5, 0.6) is 0 Å². The van der Waals surface area contributed by atoms with Crippen molar-refractivity contribution in [1.82, 2.24) is 0 Å². The zero-order chi connectivity index (χ0) is 23.3. The van der Waals surface area contributed by atoms with E-state index in [1.165, 1.54) is 0 Å². The second kappa shape index (κ2) is 8.21. The second-order valence-electron chi connectivity index (χ2n) is 10.9. The first-order valence-electron chi connectivity index (χ1n) is 9.74. The van der Waals surface area contributed by atoms with Crippen LogP contribution in [-0.2, 0) is 27.9 Å². The number of halogens is 2. The number of ether oxygens (including phenoxy) is 1. The van der Waals surface area contributed by atoms with Gasteiger partial charge in [-0.15, -0.1) is 0 Å². The SMILES string of the molecule is CC(C)(C)[Si](C)(C)OC[C@H]1O[C@@H](OS(C)(=O)=O)C(F)(F)[C@H]1O[Si](C)(C)C(C)(C)C. The molecular weight excluding hydrogens is 438 g/mol. The number of hydrogen-bond donors (Lipinski definition) is 0. The number of hydrogen-bond acceptors (Lipinski definition) is 6. The van der Waals surface area contributed by atoms with Gasteiger partial charge in [0.15, 0.2) is 16.6 Å². The average Bonchev–Trinajstić information content (AvgIpc) is 2.64. The smallest absolute Gasteiger partial charge is 0.325 e. The molecule has 1 aliphatic heterocycles. The van der Waals surface area contributed by atoms with Gasteiger partial charge in [-0.05, 0) is 36.3 Å². The highest BCUT2D eigenvalue weighted by atomic mass is 32.2. The van der Waals surface area contributed by atoms with Crippen LogP contribution in [0.3, 0.4) is 0 Å². The van der Waals surface area contributed by atoms with Crippen LogP contribution in [0, 0.1) is 0 Å². The third kappa shape index (κ3) is 6.53. The highest BCUT2D eigenvalue weighted by molar-refractivity contribution is 7.86. The molecule has 11 heteroatoms. The molecule has 174 valence electrons. The standard InChI is InChI=1S/C18H38F2O6SSi2/c1-16(2,3)28(8,9)23-12-13-14(26-29(10,11)17(4,5)6)18(19,20)15(24-13)25-27(7,21)22/h13-15H,12H2,1-11H3/t13-,14+,15+/m1/s1. The van der Waals surface area contributed by atoms with Gasteiger partial charge in [0, 0.05) is 0 Å². The Bertz CT molecular complexity index is 683. The first kappa shape index (κ1) is 27.1. The predicted octanol–water partition coefficient (Wildman–Crippen LogP) is 4.74. The quantitative estimate of drug-likeness (QED) is 0.391. The lowest BCUT2D eigenvalue weighted by atomic mass is 10.1. The highest BCUT2D eigenvalue weighted by Crippen LogP contribution is 2.46. The molecule has 0 amide bonds. The van der Waals surface area contributed by atoms with E-state index in [-0.39, 0.29) is 16.7 Å². The lowest BCUT2D eigenvalue weighted by Crippen LogP contribution is -2.53. The molecule has 0 unspecified atom stereocenters. The van der Waals surface area contributed by atoms with Crippen LogP contribution < -0.4 is 0 Å². The van der Waals surface area contributed by atoms with Crippen LogP contribution in [-0.4, -0.2) is 62.3 Å². The fourth-order valence-corrected chi connectivity index (χ4v) is 5.03. The van der Waals surface area contributed by atoms with E-state index in [0.717, 1.165) is 6.26 Å². The van der Waals surface area contributed by atoms with Gasteiger partial charge < -0.3 is 13.6 Å². The summed E-state index contributed by atoms with van der Waals surface area (Å²) in [6.07, 6.45) is -4.31. The largest absolute Gasteiger partial charge is 0.414 e. The monoisotopic (exact) mass is 476 g/mol. The summed E-state index contributed by atoms with van der Waals surface area (Å²) >= 11 is 0. The topological polar surface area (TPSA) is 71.1 Å². The van der Waals surface area contributed by atoms with E-state index >= 15 is 8.78 Å². The van der Waals surface area contributed by atoms with Crippen LogP contribution in [0.25, 0.3) is 0 Å². The van der Waals surface area contributed by atoms with Crippen molar-refractivity contribution in [1.29, 1.82) is 0 Å². The lowest BCUT2D eigenvalue weighted by molar-refractivity contribution is -0.181. The van der Waals surface area contributed by atoms with Crippen molar-refractivity contribution in [2.24, 2.45) is 0 Å². The summed E-state index contributed by atoms with van der Waals surface area (Å²) < 4.78 is 75.4. The molecule has 0 saturated carbocycles. The van der Waals surface area contributed by atoms with E-state index in [0.29, 0.717) is 0 Å². The third-order valence-corrected chi connectivity index (χ3v) is 15.7. The fraction of sp³-hybridized carbons (Fsp3) is 1.00. The summed E-state index contributed by atoms with van der Waals surface area (Å²) in [6.45, 7) is 19.6. The Kier molecular flexibility index (Phi) is 7.68. The Morgan fingerprint density at radius 2 is 1.41 bits per heavy atom. The Balaban J connectivity index is 3.21. The van der Waals surface area contributed by atoms with Gasteiger partial charge in [-0.3, -0.25) is 0 Å². The molecule has 1 heterocycles. The van der Waals surface area contributed by atoms with Crippen LogP contribution in [0.1, 0.15) is 41.5 Å². The first-order valence-corrected chi connectivity index (χ1v) is 17.4. The average molecular weight is 477 g/mol. The van der Waals surface area contributed by atoms with Gasteiger partial charge >= 0.3 is 5.92 Å². The van der Waals surface area contributed by atoms with Crippen molar-refractivity contribution < 1.29 is 35.0 Å². The summed E-state index contributed by atoms with van der Waals surface area (Å²) in [5.41, 5.74) is 0. The number of rotatable bonds is 7. The van der Waals surface area contributed by atoms with Gasteiger partial charge in [-0.2, -0.15) is 17.2 Å². The molecule has 1 saturated heterocycles. The first-order chi connectivity index (χ1) is 12.5. The Hall–Kier alpha value is 0.0838. The minimum atomic E-state index is -4.15. The summed E-state index contributed by atoms with van der Waals surface area (Å²) in [7, 11) is -9.00. The van der Waals surface area contributed by atoms with Crippen LogP contribution >= 0.6 is 0 Å². The van der Waals surface area contributed by atoms with Gasteiger partial charge in [0.1, 0.15) is 12.2 Å². The zero-order valence-corrected chi connectivity index (χ0v) is 22.4. The van der Waals surface area contributed by atoms with Crippen LogP contribution in [0.2, 0.25) is 36.3 Å². The van der Waals surface area contributed by atoms with E-state index in [2.05, 4.69) is 4.18 Å². The molecule has 1 aliphatic rings. The molecule has 0 radical (unpaired) electrons. The van der Waals surface area contributed by atoms with Crippen LogP contribution in [0.15, 0.2) is 0 Å². The molecule has 29 heavy (non-hydrogen) atoms. The summed E-state index contributed by atoms with van der Waals surface area (Å²) in [5.74, 6) is -3.64. The molecule has 0 aliphatic carbocycles. The molecule has 0 aromatic rings. The van der Waals surface area contributed by atoms with E-state index in [9.17, 15) is 8.42 Å². The minimum Gasteiger partial charge on any atom is -0.414 e. The minimum absolute atomic E-state index is 0.116. The fourth-order valence-electron chi connectivity index (χ4n) is 2.23. The van der Waals surface area contributed by atoms with E-state index in [1.807, 2.05) is 67.7 Å². The van der Waals surface area contributed by atoms with E-state index in [1.54, 1.807) is 0 Å². The van der Waals surface area contributed by atoms with Crippen molar-refractivity contribution in [3.05, 3.63) is 0 Å². The highest BCUT2D eigenvalue weighted by Gasteiger charge is 2.63. The predicted molar refractivity (Wildman–Crippen MR) is 115 cm³/mol. The normalized spacial score (nSPS) is 26.7. The van der Waals surface area contributed by atoms with Crippen molar-refractivity contribution in [2.45, 2.75) is 102 Å². The van der Waals surface area contributed by atoms with E-state index < -0.39 is 51.2 Å². The summed E-state index contributed by atoms with van der Waals surface area (Å²) in [6, 6.07) is 0. The van der Waals surface area contributed by atoms with Crippen molar-refractivity contribution in [2.75, 3.05) is 12.9 Å². The van der Waals surface area contributed by atoms with Gasteiger partial charge in [0.25, 0.3) is 10.1 Å². The van der Waals surface area contributed by atoms with Crippen molar-refractivity contribution >= 4 is 26.8 Å². The maximum absolute atomic E-state index is 15.2. The van der Waals surface area contributed by atoms with E-state index in [4.69, 9.17) is 13.6 Å². The molecule has 6 nitrogen and oxygen atoms in total. The van der Waals surface area contributed by atoms with Gasteiger partial charge in [-0.1, -0.05) is 41.5 Å². The van der Waals surface area contributed by atoms with Crippen molar-refractivity contribution in [3.8, 4) is 0 Å². The molecule has 0 bridgehead atoms. The van der Waals surface area contributed by atoms with Gasteiger partial charge in [0.05, 0.1) is 12.9 Å². The molecule has 0 aromatic carbocycles. The second-order valence-corrected chi connectivity index (χ2v) is 22.0. The Morgan fingerprint density at radius 3 is 1.79 bits per heavy atom. The number of alkyl halides is 2. The molecule has 1 rings (SSSR count). The Morgan fingerprint density at radius 1 is 0.966 bits per heavy atom. The summed E-state index contributed by atoms with van der Waals surface area (Å²) in [4.78, 5) is 0.